The summed E-state index contributed by atoms with van der Waals surface area (Å²) in [6, 6.07) is 31.5. The van der Waals surface area contributed by atoms with Crippen LogP contribution in [0.4, 0.5) is 39.5 Å². The Bertz CT molecular complexity index is 2190. The van der Waals surface area contributed by atoms with Crippen molar-refractivity contribution in [2.45, 2.75) is 109 Å². The van der Waals surface area contributed by atoms with E-state index < -0.39 is 50.4 Å². The third kappa shape index (κ3) is 11.8. The van der Waals surface area contributed by atoms with Crippen LogP contribution in [0, 0.1) is 0 Å². The standard InChI is InChI=1S/C24H29.C21H14F9.C2H6Si.2ClH.Zr/c1-6-8-17(2)20-15-19-9-7-10-22(23(19)16-20)18-11-13-21(14-12-18)24(3,4)5;1-2-12-10-14-4-3-5-16(17(14)11-12)13-6-8-15(9-7-13)18(19(22,23)24,20(25,26)27)21(28,29)30;1-3-2;;;/h7,9-17H,6,8H2,1-5H3;3-11H,2H2,1H3;1-2H3;2*1H;/q2*-1;;;;+4/p-2. The zero-order valence-electron chi connectivity index (χ0n) is 34.7. The Morgan fingerprint density at radius 2 is 1.02 bits per heavy atom. The van der Waals surface area contributed by atoms with Crippen molar-refractivity contribution in [3.8, 4) is 22.3 Å². The van der Waals surface area contributed by atoms with Gasteiger partial charge in [-0.1, -0.05) is 133 Å². The van der Waals surface area contributed by atoms with Crippen LogP contribution in [-0.2, 0) is 38.1 Å². The number of hydrogen-bond donors (Lipinski definition) is 0. The van der Waals surface area contributed by atoms with Crippen molar-refractivity contribution in [3.63, 3.8) is 0 Å². The minimum atomic E-state index is -6.63. The molecule has 2 radical (unpaired) electrons. The fourth-order valence-electron chi connectivity index (χ4n) is 7.17. The summed E-state index contributed by atoms with van der Waals surface area (Å²) in [4.78, 5) is 0. The molecule has 1 unspecified atom stereocenters. The van der Waals surface area contributed by atoms with Crippen molar-refractivity contribution in [1.82, 2.24) is 0 Å². The summed E-state index contributed by atoms with van der Waals surface area (Å²) in [7, 11) is 11.0. The molecule has 0 aliphatic rings. The number of benzene rings is 4. The van der Waals surface area contributed by atoms with Gasteiger partial charge in [0.2, 0.25) is 0 Å². The Morgan fingerprint density at radius 1 is 0.617 bits per heavy atom. The molecule has 0 aromatic heterocycles. The zero-order valence-corrected chi connectivity index (χ0v) is 39.7. The van der Waals surface area contributed by atoms with Gasteiger partial charge in [-0.15, -0.1) is 69.1 Å². The number of rotatable bonds is 7. The van der Waals surface area contributed by atoms with E-state index in [1.807, 2.05) is 19.1 Å². The molecule has 0 spiro atoms. The molecule has 6 aromatic carbocycles. The summed E-state index contributed by atoms with van der Waals surface area (Å²) < 4.78 is 120. The first-order chi connectivity index (χ1) is 28.0. The van der Waals surface area contributed by atoms with Crippen LogP contribution in [0.5, 0.6) is 0 Å². The fourth-order valence-corrected chi connectivity index (χ4v) is 7.17. The van der Waals surface area contributed by atoms with E-state index in [4.69, 9.17) is 17.0 Å². The molecule has 0 fully saturated rings. The second-order valence-corrected chi connectivity index (χ2v) is 20.3. The Labute approximate surface area is 369 Å². The third-order valence-electron chi connectivity index (χ3n) is 10.2. The van der Waals surface area contributed by atoms with Crippen LogP contribution in [0.25, 0.3) is 43.8 Å². The first-order valence-electron chi connectivity index (χ1n) is 19.3. The molecule has 6 aromatic rings. The molecule has 0 nitrogen and oxygen atoms in total. The molecule has 60 heavy (non-hydrogen) atoms. The number of hydrogen-bond acceptors (Lipinski definition) is 0. The molecule has 0 heterocycles. The van der Waals surface area contributed by atoms with Crippen LogP contribution < -0.4 is 0 Å². The molecule has 0 saturated carbocycles. The average Bonchev–Trinajstić information content (AvgIpc) is 3.79. The predicted octanol–water partition coefficient (Wildman–Crippen LogP) is 17.3. The summed E-state index contributed by atoms with van der Waals surface area (Å²) in [5.74, 6) is 0.638. The van der Waals surface area contributed by atoms with Gasteiger partial charge in [-0.25, -0.2) is 0 Å². The number of aryl methyl sites for hydroxylation is 1. The molecule has 0 aliphatic carbocycles. The Balaban J connectivity index is 0.000000288. The minimum absolute atomic E-state index is 0.202. The third-order valence-corrected chi connectivity index (χ3v) is 10.2. The van der Waals surface area contributed by atoms with Gasteiger partial charge in [-0.05, 0) is 46.4 Å². The van der Waals surface area contributed by atoms with E-state index in [0.717, 1.165) is 32.6 Å². The number of halogens is 11. The van der Waals surface area contributed by atoms with Gasteiger partial charge in [0, 0.05) is 9.52 Å². The van der Waals surface area contributed by atoms with Crippen LogP contribution in [0.3, 0.4) is 0 Å². The summed E-state index contributed by atoms with van der Waals surface area (Å²) in [5, 5.41) is 4.27. The molecule has 322 valence electrons. The van der Waals surface area contributed by atoms with Gasteiger partial charge in [0.1, 0.15) is 0 Å². The molecule has 0 N–H and O–H groups in total. The van der Waals surface area contributed by atoms with E-state index in [1.165, 1.54) is 45.9 Å². The molecular formula is C47H49Cl2F9SiZr. The molecule has 0 aliphatic heterocycles. The maximum atomic E-state index is 13.3. The summed E-state index contributed by atoms with van der Waals surface area (Å²) in [6.45, 7) is 17.6. The Hall–Kier alpha value is -2.85. The van der Waals surface area contributed by atoms with Crippen LogP contribution in [0.1, 0.15) is 82.6 Å². The second kappa shape index (κ2) is 21.5. The average molecular weight is 975 g/mol. The molecule has 13 heteroatoms. The predicted molar refractivity (Wildman–Crippen MR) is 230 cm³/mol. The van der Waals surface area contributed by atoms with E-state index in [0.29, 0.717) is 23.3 Å². The SMILES string of the molecule is CCCC(C)c1cc2c(-c3ccc(C(C)(C)C)cc3)cccc2[cH-]1.CCc1cc2c(-c3ccc(C(C(F)(F)F)(C(F)(F)F)C(F)(F)F)cc3)cccc2[cH-]1.C[Si]C.[Cl][Zr+2][Cl]. The van der Waals surface area contributed by atoms with Crippen molar-refractivity contribution >= 4 is 48.1 Å². The topological polar surface area (TPSA) is 0 Å². The van der Waals surface area contributed by atoms with Gasteiger partial charge in [0.05, 0.1) is 0 Å². The van der Waals surface area contributed by atoms with Crippen LogP contribution in [0.2, 0.25) is 13.1 Å². The van der Waals surface area contributed by atoms with Crippen molar-refractivity contribution in [2.75, 3.05) is 0 Å². The van der Waals surface area contributed by atoms with Crippen LogP contribution in [0.15, 0.2) is 109 Å². The Morgan fingerprint density at radius 3 is 1.40 bits per heavy atom. The van der Waals surface area contributed by atoms with Gasteiger partial charge >= 0.3 is 56.4 Å². The zero-order chi connectivity index (χ0) is 45.3. The van der Waals surface area contributed by atoms with Crippen LogP contribution >= 0.6 is 17.0 Å². The first-order valence-corrected chi connectivity index (χ1v) is 27.6. The van der Waals surface area contributed by atoms with E-state index in [-0.39, 0.29) is 23.1 Å². The van der Waals surface area contributed by atoms with Crippen molar-refractivity contribution in [3.05, 3.63) is 131 Å². The van der Waals surface area contributed by atoms with Crippen molar-refractivity contribution in [2.24, 2.45) is 0 Å². The molecule has 0 saturated heterocycles. The van der Waals surface area contributed by atoms with Gasteiger partial charge in [-0.2, -0.15) is 51.6 Å². The van der Waals surface area contributed by atoms with E-state index >= 15 is 0 Å². The first kappa shape index (κ1) is 51.5. The van der Waals surface area contributed by atoms with E-state index in [2.05, 4.69) is 102 Å². The second-order valence-electron chi connectivity index (χ2n) is 15.5. The van der Waals surface area contributed by atoms with Gasteiger partial charge in [0.15, 0.2) is 0 Å². The van der Waals surface area contributed by atoms with Crippen molar-refractivity contribution < 1.29 is 60.4 Å². The van der Waals surface area contributed by atoms with E-state index in [1.54, 1.807) is 18.2 Å². The fraction of sp³-hybridized carbons (Fsp3) is 0.362. The normalized spacial score (nSPS) is 12.7. The Kier molecular flexibility index (Phi) is 18.4. The van der Waals surface area contributed by atoms with Gasteiger partial charge in [0.25, 0.3) is 5.41 Å². The molecule has 0 amide bonds. The molecule has 6 rings (SSSR count). The quantitative estimate of drug-likeness (QED) is 0.0850. The summed E-state index contributed by atoms with van der Waals surface area (Å²) in [5.41, 5.74) is -0.503. The maximum absolute atomic E-state index is 13.3. The molecule has 0 bridgehead atoms. The molecular weight excluding hydrogens is 926 g/mol. The van der Waals surface area contributed by atoms with Gasteiger partial charge in [-0.3, -0.25) is 0 Å². The molecule has 1 atom stereocenters. The number of alkyl halides is 9. The van der Waals surface area contributed by atoms with E-state index in [9.17, 15) is 39.5 Å². The summed E-state index contributed by atoms with van der Waals surface area (Å²) >= 11 is -0.826. The van der Waals surface area contributed by atoms with Gasteiger partial charge < -0.3 is 0 Å². The van der Waals surface area contributed by atoms with Crippen LogP contribution in [-0.4, -0.2) is 28.0 Å². The summed E-state index contributed by atoms with van der Waals surface area (Å²) in [6.07, 6.45) is -16.7. The monoisotopic (exact) mass is 972 g/mol. The van der Waals surface area contributed by atoms with Crippen molar-refractivity contribution in [1.29, 1.82) is 0 Å². The number of fused-ring (bicyclic) bond motifs is 2.